The number of para-hydroxylation sites is 1. The van der Waals surface area contributed by atoms with Crippen LogP contribution in [0.5, 0.6) is 0 Å². The fourth-order valence-corrected chi connectivity index (χ4v) is 6.30. The summed E-state index contributed by atoms with van der Waals surface area (Å²) in [5.41, 5.74) is 4.73. The smallest absolute Gasteiger partial charge is 0.165 e. The number of nitrogens with zero attached hydrogens (tertiary/aromatic N) is 3. The van der Waals surface area contributed by atoms with Gasteiger partial charge < -0.3 is 4.42 Å². The van der Waals surface area contributed by atoms with E-state index < -0.39 is 0 Å². The predicted octanol–water partition coefficient (Wildman–Crippen LogP) is 10.7. The summed E-state index contributed by atoms with van der Waals surface area (Å²) in [5.74, 6) is 2.74. The molecule has 9 aromatic rings. The Kier molecular flexibility index (Phi) is 5.78. The molecule has 9 rings (SSSR count). The van der Waals surface area contributed by atoms with Crippen LogP contribution in [0.1, 0.15) is 0 Å². The minimum Gasteiger partial charge on any atom is -0.456 e. The molecule has 2 aromatic heterocycles. The van der Waals surface area contributed by atoms with Gasteiger partial charge in [0, 0.05) is 27.6 Å². The van der Waals surface area contributed by atoms with E-state index in [9.17, 15) is 0 Å². The summed E-state index contributed by atoms with van der Waals surface area (Å²) in [6.07, 6.45) is 0. The van der Waals surface area contributed by atoms with Gasteiger partial charge in [0.15, 0.2) is 17.5 Å². The van der Waals surface area contributed by atoms with Crippen LogP contribution in [0.2, 0.25) is 0 Å². The topological polar surface area (TPSA) is 51.8 Å². The Bertz CT molecular complexity index is 2500. The maximum absolute atomic E-state index is 6.12. The van der Waals surface area contributed by atoms with Crippen LogP contribution in [0, 0.1) is 0 Å². The first-order valence-electron chi connectivity index (χ1n) is 15.0. The summed E-state index contributed by atoms with van der Waals surface area (Å²) in [6.45, 7) is 0. The fraction of sp³-hybridized carbons (Fsp3) is 0. The van der Waals surface area contributed by atoms with Gasteiger partial charge in [0.2, 0.25) is 0 Å². The first-order valence-corrected chi connectivity index (χ1v) is 15.0. The fourth-order valence-electron chi connectivity index (χ4n) is 6.30. The molecule has 0 saturated carbocycles. The molecule has 45 heavy (non-hydrogen) atoms. The molecule has 2 heterocycles. The van der Waals surface area contributed by atoms with Crippen LogP contribution < -0.4 is 0 Å². The summed E-state index contributed by atoms with van der Waals surface area (Å²) in [6, 6.07) is 52.2. The molecule has 0 atom stereocenters. The Morgan fingerprint density at radius 3 is 1.73 bits per heavy atom. The first kappa shape index (κ1) is 25.4. The molecule has 0 amide bonds. The highest BCUT2D eigenvalue weighted by molar-refractivity contribution is 6.19. The first-order chi connectivity index (χ1) is 22.3. The Hall–Kier alpha value is -6.13. The second kappa shape index (κ2) is 10.2. The highest BCUT2D eigenvalue weighted by atomic mass is 16.3. The van der Waals surface area contributed by atoms with Crippen molar-refractivity contribution >= 4 is 43.3 Å². The van der Waals surface area contributed by atoms with Crippen LogP contribution in [-0.4, -0.2) is 15.0 Å². The van der Waals surface area contributed by atoms with E-state index in [0.717, 1.165) is 55.1 Å². The molecule has 210 valence electrons. The molecule has 0 radical (unpaired) electrons. The molecule has 0 N–H and O–H groups in total. The Labute approximate surface area is 259 Å². The van der Waals surface area contributed by atoms with Crippen LogP contribution in [0.3, 0.4) is 0 Å². The van der Waals surface area contributed by atoms with Crippen molar-refractivity contribution in [2.24, 2.45) is 0 Å². The lowest BCUT2D eigenvalue weighted by Gasteiger charge is -2.14. The molecule has 7 aromatic carbocycles. The zero-order valence-corrected chi connectivity index (χ0v) is 24.2. The van der Waals surface area contributed by atoms with Crippen LogP contribution in [0.25, 0.3) is 88.8 Å². The minimum atomic E-state index is 0.622. The molecule has 4 heteroatoms. The van der Waals surface area contributed by atoms with Gasteiger partial charge in [-0.3, -0.25) is 0 Å². The summed E-state index contributed by atoms with van der Waals surface area (Å²) in [4.78, 5) is 15.3. The van der Waals surface area contributed by atoms with Crippen LogP contribution >= 0.6 is 0 Å². The second-order valence-corrected chi connectivity index (χ2v) is 11.3. The van der Waals surface area contributed by atoms with Gasteiger partial charge in [0.05, 0.1) is 0 Å². The van der Waals surface area contributed by atoms with Crippen molar-refractivity contribution < 1.29 is 4.42 Å². The van der Waals surface area contributed by atoms with Crippen molar-refractivity contribution in [2.45, 2.75) is 0 Å². The number of rotatable bonds is 4. The average Bonchev–Trinajstić information content (AvgIpc) is 3.55. The summed E-state index contributed by atoms with van der Waals surface area (Å²) >= 11 is 0. The van der Waals surface area contributed by atoms with E-state index in [0.29, 0.717) is 17.5 Å². The van der Waals surface area contributed by atoms with E-state index in [4.69, 9.17) is 19.4 Å². The Balaban J connectivity index is 1.27. The van der Waals surface area contributed by atoms with Gasteiger partial charge in [0.25, 0.3) is 0 Å². The third-order valence-corrected chi connectivity index (χ3v) is 8.51. The maximum Gasteiger partial charge on any atom is 0.165 e. The third kappa shape index (κ3) is 4.35. The monoisotopic (exact) mass is 575 g/mol. The highest BCUT2D eigenvalue weighted by Gasteiger charge is 2.18. The standard InChI is InChI=1S/C41H25N3O/c1-2-11-28(12-3-1)39-42-40(29-20-18-27(19-21-29)37-25-31-14-6-9-17-36(31)45-37)44-41(43-39)38-33-16-8-5-13-30(33)24-35-32-15-7-4-10-26(32)22-23-34(35)38/h1-25H. The molecule has 0 fully saturated rings. The number of fused-ring (bicyclic) bond motifs is 5. The van der Waals surface area contributed by atoms with E-state index in [1.807, 2.05) is 48.5 Å². The maximum atomic E-state index is 6.12. The van der Waals surface area contributed by atoms with Gasteiger partial charge in [0.1, 0.15) is 11.3 Å². The lowest BCUT2D eigenvalue weighted by atomic mass is 9.93. The van der Waals surface area contributed by atoms with Gasteiger partial charge in [-0.25, -0.2) is 15.0 Å². The van der Waals surface area contributed by atoms with Crippen molar-refractivity contribution in [2.75, 3.05) is 0 Å². The minimum absolute atomic E-state index is 0.622. The van der Waals surface area contributed by atoms with Crippen molar-refractivity contribution in [3.8, 4) is 45.5 Å². The van der Waals surface area contributed by atoms with Crippen molar-refractivity contribution in [3.05, 3.63) is 152 Å². The molecule has 0 saturated heterocycles. The van der Waals surface area contributed by atoms with E-state index in [2.05, 4.69) is 103 Å². The summed E-state index contributed by atoms with van der Waals surface area (Å²) < 4.78 is 6.12. The van der Waals surface area contributed by atoms with Gasteiger partial charge in [-0.2, -0.15) is 0 Å². The number of benzene rings is 7. The normalized spacial score (nSPS) is 11.6. The zero-order chi connectivity index (χ0) is 29.7. The molecular weight excluding hydrogens is 550 g/mol. The number of aromatic nitrogens is 3. The molecule has 0 aliphatic heterocycles. The third-order valence-electron chi connectivity index (χ3n) is 8.51. The predicted molar refractivity (Wildman–Crippen MR) is 184 cm³/mol. The van der Waals surface area contributed by atoms with E-state index in [1.165, 1.54) is 16.2 Å². The van der Waals surface area contributed by atoms with Gasteiger partial charge in [-0.05, 0) is 50.5 Å². The number of furan rings is 1. The largest absolute Gasteiger partial charge is 0.456 e. The van der Waals surface area contributed by atoms with Crippen molar-refractivity contribution in [3.63, 3.8) is 0 Å². The molecule has 4 nitrogen and oxygen atoms in total. The van der Waals surface area contributed by atoms with Crippen molar-refractivity contribution in [1.29, 1.82) is 0 Å². The average molecular weight is 576 g/mol. The molecule has 0 aliphatic carbocycles. The van der Waals surface area contributed by atoms with E-state index in [-0.39, 0.29) is 0 Å². The lowest BCUT2D eigenvalue weighted by Crippen LogP contribution is -2.01. The molecule has 0 unspecified atom stereocenters. The van der Waals surface area contributed by atoms with Gasteiger partial charge in [-0.1, -0.05) is 133 Å². The number of hydrogen-bond donors (Lipinski definition) is 0. The van der Waals surface area contributed by atoms with E-state index >= 15 is 0 Å². The SMILES string of the molecule is c1ccc(-c2nc(-c3ccc(-c4cc5ccccc5o4)cc3)nc(-c3c4ccccc4cc4c3ccc3ccccc34)n2)cc1. The second-order valence-electron chi connectivity index (χ2n) is 11.3. The lowest BCUT2D eigenvalue weighted by molar-refractivity contribution is 0.631. The Morgan fingerprint density at radius 1 is 0.356 bits per heavy atom. The number of hydrogen-bond acceptors (Lipinski definition) is 4. The summed E-state index contributed by atoms with van der Waals surface area (Å²) in [7, 11) is 0. The highest BCUT2D eigenvalue weighted by Crippen LogP contribution is 2.39. The molecule has 0 aliphatic rings. The van der Waals surface area contributed by atoms with E-state index in [1.54, 1.807) is 0 Å². The van der Waals surface area contributed by atoms with Crippen LogP contribution in [0.4, 0.5) is 0 Å². The molecule has 0 bridgehead atoms. The quantitative estimate of drug-likeness (QED) is 0.155. The molecular formula is C41H25N3O. The zero-order valence-electron chi connectivity index (χ0n) is 24.2. The summed E-state index contributed by atoms with van der Waals surface area (Å²) in [5, 5.41) is 8.05. The molecule has 0 spiro atoms. The van der Waals surface area contributed by atoms with Crippen molar-refractivity contribution in [1.82, 2.24) is 15.0 Å². The van der Waals surface area contributed by atoms with Gasteiger partial charge >= 0.3 is 0 Å². The van der Waals surface area contributed by atoms with Crippen LogP contribution in [-0.2, 0) is 0 Å². The van der Waals surface area contributed by atoms with Gasteiger partial charge in [-0.15, -0.1) is 0 Å². The Morgan fingerprint density at radius 2 is 0.956 bits per heavy atom. The van der Waals surface area contributed by atoms with Crippen LogP contribution in [0.15, 0.2) is 156 Å².